The Kier molecular flexibility index (Phi) is 6.18. The maximum atomic E-state index is 12.1. The van der Waals surface area contributed by atoms with E-state index < -0.39 is 0 Å². The van der Waals surface area contributed by atoms with Crippen molar-refractivity contribution in [2.45, 2.75) is 20.3 Å². The van der Waals surface area contributed by atoms with Gasteiger partial charge in [-0.15, -0.1) is 0 Å². The highest BCUT2D eigenvalue weighted by atomic mass is 35.5. The maximum Gasteiger partial charge on any atom is 0.271 e. The van der Waals surface area contributed by atoms with Crippen molar-refractivity contribution in [1.29, 1.82) is 0 Å². The molecule has 1 N–H and O–H groups in total. The van der Waals surface area contributed by atoms with Crippen molar-refractivity contribution in [2.24, 2.45) is 5.10 Å². The summed E-state index contributed by atoms with van der Waals surface area (Å²) in [6.45, 7) is 4.53. The largest absolute Gasteiger partial charge is 0.494 e. The lowest BCUT2D eigenvalue weighted by Crippen LogP contribution is -2.19. The lowest BCUT2D eigenvalue weighted by molar-refractivity contribution is 0.0955. The van der Waals surface area contributed by atoms with Gasteiger partial charge in [0, 0.05) is 10.6 Å². The smallest absolute Gasteiger partial charge is 0.271 e. The highest BCUT2D eigenvalue weighted by molar-refractivity contribution is 6.30. The molecular weight excluding hydrogens is 312 g/mol. The molecule has 0 aromatic heterocycles. The molecule has 5 heteroatoms. The SMILES string of the molecule is CCCOc1ccc(C(=O)N/N=C(\C)c2ccc(Cl)cc2)cc1. The summed E-state index contributed by atoms with van der Waals surface area (Å²) in [5.41, 5.74) is 4.69. The molecule has 0 spiro atoms. The molecule has 120 valence electrons. The summed E-state index contributed by atoms with van der Waals surface area (Å²) in [5, 5.41) is 4.78. The van der Waals surface area contributed by atoms with Crippen LogP contribution >= 0.6 is 11.6 Å². The van der Waals surface area contributed by atoms with Gasteiger partial charge in [0.05, 0.1) is 12.3 Å². The predicted molar refractivity (Wildman–Crippen MR) is 93.4 cm³/mol. The molecule has 0 heterocycles. The molecule has 2 rings (SSSR count). The summed E-state index contributed by atoms with van der Waals surface area (Å²) in [6, 6.07) is 14.3. The number of hydrogen-bond acceptors (Lipinski definition) is 3. The number of benzene rings is 2. The number of rotatable bonds is 6. The topological polar surface area (TPSA) is 50.7 Å². The molecule has 0 aliphatic carbocycles. The molecule has 4 nitrogen and oxygen atoms in total. The highest BCUT2D eigenvalue weighted by Gasteiger charge is 2.05. The van der Waals surface area contributed by atoms with Crippen LogP contribution in [0.25, 0.3) is 0 Å². The predicted octanol–water partition coefficient (Wildman–Crippen LogP) is 4.28. The Morgan fingerprint density at radius 1 is 1.09 bits per heavy atom. The van der Waals surface area contributed by atoms with Gasteiger partial charge in [-0.05, 0) is 55.3 Å². The van der Waals surface area contributed by atoms with E-state index in [9.17, 15) is 4.79 Å². The zero-order valence-corrected chi connectivity index (χ0v) is 13.9. The van der Waals surface area contributed by atoms with Crippen LogP contribution in [0.15, 0.2) is 53.6 Å². The van der Waals surface area contributed by atoms with Crippen LogP contribution < -0.4 is 10.2 Å². The lowest BCUT2D eigenvalue weighted by atomic mass is 10.1. The number of nitrogens with zero attached hydrogens (tertiary/aromatic N) is 1. The number of ether oxygens (including phenoxy) is 1. The Bertz CT molecular complexity index is 679. The van der Waals surface area contributed by atoms with E-state index in [4.69, 9.17) is 16.3 Å². The zero-order valence-electron chi connectivity index (χ0n) is 13.2. The van der Waals surface area contributed by atoms with Crippen LogP contribution in [0, 0.1) is 0 Å². The Morgan fingerprint density at radius 3 is 2.30 bits per heavy atom. The molecule has 0 unspecified atom stereocenters. The minimum Gasteiger partial charge on any atom is -0.494 e. The molecule has 0 radical (unpaired) electrons. The average Bonchev–Trinajstić information content (AvgIpc) is 2.58. The standard InChI is InChI=1S/C18H19ClN2O2/c1-3-12-23-17-10-6-15(7-11-17)18(22)21-20-13(2)14-4-8-16(19)9-5-14/h4-11H,3,12H2,1-2H3,(H,21,22)/b20-13+. The summed E-state index contributed by atoms with van der Waals surface area (Å²) in [6.07, 6.45) is 0.945. The average molecular weight is 331 g/mol. The molecule has 2 aromatic carbocycles. The second kappa shape index (κ2) is 8.34. The maximum absolute atomic E-state index is 12.1. The molecular formula is C18H19ClN2O2. The zero-order chi connectivity index (χ0) is 16.7. The van der Waals surface area contributed by atoms with E-state index in [-0.39, 0.29) is 5.91 Å². The van der Waals surface area contributed by atoms with Gasteiger partial charge in [0.2, 0.25) is 0 Å². The van der Waals surface area contributed by atoms with Crippen LogP contribution in [0.2, 0.25) is 5.02 Å². The van der Waals surface area contributed by atoms with Crippen molar-refractivity contribution in [2.75, 3.05) is 6.61 Å². The normalized spacial score (nSPS) is 11.2. The van der Waals surface area contributed by atoms with Gasteiger partial charge in [0.1, 0.15) is 5.75 Å². The fourth-order valence-electron chi connectivity index (χ4n) is 1.88. The van der Waals surface area contributed by atoms with Crippen LogP contribution in [0.4, 0.5) is 0 Å². The first kappa shape index (κ1) is 17.0. The summed E-state index contributed by atoms with van der Waals surface area (Å²) >= 11 is 5.85. The van der Waals surface area contributed by atoms with Crippen LogP contribution in [0.3, 0.4) is 0 Å². The van der Waals surface area contributed by atoms with Gasteiger partial charge in [-0.25, -0.2) is 5.43 Å². The van der Waals surface area contributed by atoms with Crippen LogP contribution in [-0.2, 0) is 0 Å². The van der Waals surface area contributed by atoms with E-state index in [1.807, 2.05) is 26.0 Å². The number of hydrogen-bond donors (Lipinski definition) is 1. The summed E-state index contributed by atoms with van der Waals surface area (Å²) in [5.74, 6) is 0.490. The van der Waals surface area contributed by atoms with Gasteiger partial charge in [-0.2, -0.15) is 5.10 Å². The van der Waals surface area contributed by atoms with Crippen molar-refractivity contribution in [3.8, 4) is 5.75 Å². The molecule has 2 aromatic rings. The van der Waals surface area contributed by atoms with Gasteiger partial charge >= 0.3 is 0 Å². The number of carbonyl (C=O) groups is 1. The third-order valence-electron chi connectivity index (χ3n) is 3.18. The first-order valence-electron chi connectivity index (χ1n) is 7.43. The van der Waals surface area contributed by atoms with Gasteiger partial charge in [0.25, 0.3) is 5.91 Å². The van der Waals surface area contributed by atoms with Crippen LogP contribution in [0.5, 0.6) is 5.75 Å². The first-order valence-corrected chi connectivity index (χ1v) is 7.81. The monoisotopic (exact) mass is 330 g/mol. The molecule has 0 bridgehead atoms. The Labute approximate surface area is 141 Å². The van der Waals surface area contributed by atoms with Crippen LogP contribution in [0.1, 0.15) is 36.2 Å². The molecule has 0 aliphatic rings. The minimum atomic E-state index is -0.264. The van der Waals surface area contributed by atoms with E-state index >= 15 is 0 Å². The van der Waals surface area contributed by atoms with E-state index in [2.05, 4.69) is 10.5 Å². The molecule has 0 saturated carbocycles. The molecule has 0 aliphatic heterocycles. The second-order valence-corrected chi connectivity index (χ2v) is 5.45. The Morgan fingerprint density at radius 2 is 1.70 bits per heavy atom. The van der Waals surface area contributed by atoms with E-state index in [0.717, 1.165) is 17.7 Å². The molecule has 0 saturated heterocycles. The molecule has 0 fully saturated rings. The quantitative estimate of drug-likeness (QED) is 0.634. The summed E-state index contributed by atoms with van der Waals surface area (Å²) < 4.78 is 5.49. The van der Waals surface area contributed by atoms with Crippen molar-refractivity contribution in [1.82, 2.24) is 5.43 Å². The third kappa shape index (κ3) is 5.11. The number of halogens is 1. The third-order valence-corrected chi connectivity index (χ3v) is 3.43. The lowest BCUT2D eigenvalue weighted by Gasteiger charge is -2.06. The van der Waals surface area contributed by atoms with Crippen molar-refractivity contribution in [3.05, 3.63) is 64.7 Å². The van der Waals surface area contributed by atoms with Crippen LogP contribution in [-0.4, -0.2) is 18.2 Å². The highest BCUT2D eigenvalue weighted by Crippen LogP contribution is 2.13. The van der Waals surface area contributed by atoms with Gasteiger partial charge < -0.3 is 4.74 Å². The number of carbonyl (C=O) groups excluding carboxylic acids is 1. The van der Waals surface area contributed by atoms with Gasteiger partial charge in [-0.3, -0.25) is 4.79 Å². The number of amides is 1. The summed E-state index contributed by atoms with van der Waals surface area (Å²) in [7, 11) is 0. The molecule has 1 amide bonds. The minimum absolute atomic E-state index is 0.264. The summed E-state index contributed by atoms with van der Waals surface area (Å²) in [4.78, 5) is 12.1. The first-order chi connectivity index (χ1) is 11.1. The second-order valence-electron chi connectivity index (χ2n) is 5.02. The van der Waals surface area contributed by atoms with E-state index in [0.29, 0.717) is 22.9 Å². The Balaban J connectivity index is 1.98. The molecule has 23 heavy (non-hydrogen) atoms. The Hall–Kier alpha value is -2.33. The number of nitrogens with one attached hydrogen (secondary N) is 1. The van der Waals surface area contributed by atoms with Crippen molar-refractivity contribution < 1.29 is 9.53 Å². The fraction of sp³-hybridized carbons (Fsp3) is 0.222. The van der Waals surface area contributed by atoms with Crippen molar-refractivity contribution >= 4 is 23.2 Å². The van der Waals surface area contributed by atoms with Crippen molar-refractivity contribution in [3.63, 3.8) is 0 Å². The van der Waals surface area contributed by atoms with Gasteiger partial charge in [-0.1, -0.05) is 30.7 Å². The van der Waals surface area contributed by atoms with Gasteiger partial charge in [0.15, 0.2) is 0 Å². The number of hydrazone groups is 1. The van der Waals surface area contributed by atoms with E-state index in [1.165, 1.54) is 0 Å². The fourth-order valence-corrected chi connectivity index (χ4v) is 2.00. The molecule has 0 atom stereocenters. The van der Waals surface area contributed by atoms with E-state index in [1.54, 1.807) is 36.4 Å².